The minimum Gasteiger partial charge on any atom is -0.349 e. The fraction of sp³-hybridized carbons (Fsp3) is 0.500. The van der Waals surface area contributed by atoms with Gasteiger partial charge in [0.2, 0.25) is 10.0 Å². The van der Waals surface area contributed by atoms with E-state index in [0.717, 1.165) is 4.31 Å². The van der Waals surface area contributed by atoms with E-state index in [9.17, 15) is 13.2 Å². The summed E-state index contributed by atoms with van der Waals surface area (Å²) in [4.78, 5) is 12.2. The van der Waals surface area contributed by atoms with Gasteiger partial charge >= 0.3 is 0 Å². The molecule has 0 aromatic heterocycles. The number of carbonyl (C=O) groups is 1. The summed E-state index contributed by atoms with van der Waals surface area (Å²) in [7, 11) is -0.509. The van der Waals surface area contributed by atoms with Crippen molar-refractivity contribution in [2.75, 3.05) is 14.1 Å². The van der Waals surface area contributed by atoms with Gasteiger partial charge in [-0.2, -0.15) is 0 Å². The molecular formula is C14H22N2O3S. The molecule has 0 saturated heterocycles. The van der Waals surface area contributed by atoms with Gasteiger partial charge in [0.15, 0.2) is 0 Å². The molecule has 6 heteroatoms. The third-order valence-corrected chi connectivity index (χ3v) is 5.08. The summed E-state index contributed by atoms with van der Waals surface area (Å²) in [6.07, 6.45) is 0. The summed E-state index contributed by atoms with van der Waals surface area (Å²) in [5, 5.41) is 2.88. The van der Waals surface area contributed by atoms with Gasteiger partial charge in [-0.15, -0.1) is 0 Å². The molecule has 0 aliphatic rings. The molecule has 1 N–H and O–H groups in total. The first-order valence-electron chi connectivity index (χ1n) is 6.49. The second-order valence-electron chi connectivity index (χ2n) is 5.32. The molecule has 1 amide bonds. The predicted octanol–water partition coefficient (Wildman–Crippen LogP) is 1.71. The number of rotatable bonds is 5. The topological polar surface area (TPSA) is 66.5 Å². The van der Waals surface area contributed by atoms with Crippen LogP contribution in [0.2, 0.25) is 0 Å². The van der Waals surface area contributed by atoms with Crippen molar-refractivity contribution in [2.45, 2.75) is 31.7 Å². The number of amides is 1. The highest BCUT2D eigenvalue weighted by molar-refractivity contribution is 7.89. The van der Waals surface area contributed by atoms with E-state index in [1.54, 1.807) is 0 Å². The zero-order valence-corrected chi connectivity index (χ0v) is 13.4. The molecule has 0 bridgehead atoms. The van der Waals surface area contributed by atoms with E-state index in [0.29, 0.717) is 11.5 Å². The van der Waals surface area contributed by atoms with Crippen LogP contribution in [-0.4, -0.2) is 38.8 Å². The van der Waals surface area contributed by atoms with Gasteiger partial charge in [0.05, 0.1) is 4.90 Å². The Morgan fingerprint density at radius 2 is 1.60 bits per heavy atom. The van der Waals surface area contributed by atoms with Crippen LogP contribution in [0, 0.1) is 5.92 Å². The fourth-order valence-electron chi connectivity index (χ4n) is 1.45. The van der Waals surface area contributed by atoms with Gasteiger partial charge in [0.25, 0.3) is 5.91 Å². The maximum atomic E-state index is 12.0. The molecule has 0 aliphatic carbocycles. The first-order chi connectivity index (χ1) is 9.16. The van der Waals surface area contributed by atoms with Crippen LogP contribution in [0.15, 0.2) is 29.2 Å². The summed E-state index contributed by atoms with van der Waals surface area (Å²) in [5.41, 5.74) is 0.454. The Kier molecular flexibility index (Phi) is 5.30. The maximum Gasteiger partial charge on any atom is 0.251 e. The van der Waals surface area contributed by atoms with Crippen molar-refractivity contribution >= 4 is 15.9 Å². The van der Waals surface area contributed by atoms with Crippen LogP contribution in [0.1, 0.15) is 31.1 Å². The Balaban J connectivity index is 2.90. The van der Waals surface area contributed by atoms with E-state index in [1.165, 1.54) is 38.4 Å². The van der Waals surface area contributed by atoms with Crippen molar-refractivity contribution in [1.82, 2.24) is 9.62 Å². The Bertz CT molecular complexity index is 563. The van der Waals surface area contributed by atoms with Crippen LogP contribution in [0.25, 0.3) is 0 Å². The molecular weight excluding hydrogens is 276 g/mol. The molecule has 1 rings (SSSR count). The van der Waals surface area contributed by atoms with Crippen LogP contribution < -0.4 is 5.32 Å². The van der Waals surface area contributed by atoms with Crippen molar-refractivity contribution in [3.63, 3.8) is 0 Å². The molecule has 0 fully saturated rings. The highest BCUT2D eigenvalue weighted by Gasteiger charge is 2.18. The van der Waals surface area contributed by atoms with Gasteiger partial charge in [-0.1, -0.05) is 13.8 Å². The summed E-state index contributed by atoms with van der Waals surface area (Å²) >= 11 is 0. The lowest BCUT2D eigenvalue weighted by Crippen LogP contribution is -2.36. The molecule has 1 aromatic carbocycles. The second-order valence-corrected chi connectivity index (χ2v) is 7.47. The van der Waals surface area contributed by atoms with E-state index >= 15 is 0 Å². The third kappa shape index (κ3) is 3.80. The van der Waals surface area contributed by atoms with E-state index in [2.05, 4.69) is 5.32 Å². The van der Waals surface area contributed by atoms with Crippen LogP contribution >= 0.6 is 0 Å². The summed E-state index contributed by atoms with van der Waals surface area (Å²) in [5.74, 6) is 0.146. The van der Waals surface area contributed by atoms with E-state index in [1.807, 2.05) is 20.8 Å². The smallest absolute Gasteiger partial charge is 0.251 e. The highest BCUT2D eigenvalue weighted by atomic mass is 32.2. The average molecular weight is 298 g/mol. The number of nitrogens with zero attached hydrogens (tertiary/aromatic N) is 1. The Morgan fingerprint density at radius 1 is 1.10 bits per heavy atom. The minimum atomic E-state index is -3.45. The summed E-state index contributed by atoms with van der Waals surface area (Å²) in [6.45, 7) is 5.99. The van der Waals surface area contributed by atoms with Crippen molar-refractivity contribution in [2.24, 2.45) is 5.92 Å². The normalized spacial score (nSPS) is 13.6. The number of nitrogens with one attached hydrogen (secondary N) is 1. The SMILES string of the molecule is CC(C)[C@H](C)NC(=O)c1ccc(S(=O)(=O)N(C)C)cc1. The molecule has 0 radical (unpaired) electrons. The number of sulfonamides is 1. The van der Waals surface area contributed by atoms with Crippen molar-refractivity contribution < 1.29 is 13.2 Å². The van der Waals surface area contributed by atoms with Gasteiger partial charge in [-0.3, -0.25) is 4.79 Å². The lowest BCUT2D eigenvalue weighted by Gasteiger charge is -2.17. The zero-order chi connectivity index (χ0) is 15.5. The van der Waals surface area contributed by atoms with Gasteiger partial charge in [0, 0.05) is 25.7 Å². The highest BCUT2D eigenvalue weighted by Crippen LogP contribution is 2.14. The zero-order valence-electron chi connectivity index (χ0n) is 12.5. The van der Waals surface area contributed by atoms with E-state index < -0.39 is 10.0 Å². The monoisotopic (exact) mass is 298 g/mol. The first-order valence-corrected chi connectivity index (χ1v) is 7.93. The molecule has 112 valence electrons. The molecule has 0 saturated carbocycles. The molecule has 1 aromatic rings. The van der Waals surface area contributed by atoms with Crippen LogP contribution in [-0.2, 0) is 10.0 Å². The summed E-state index contributed by atoms with van der Waals surface area (Å²) in [6, 6.07) is 6.01. The Hall–Kier alpha value is -1.40. The van der Waals surface area contributed by atoms with Crippen molar-refractivity contribution in [3.8, 4) is 0 Å². The number of hydrogen-bond donors (Lipinski definition) is 1. The first kappa shape index (κ1) is 16.7. The van der Waals surface area contributed by atoms with Crippen LogP contribution in [0.4, 0.5) is 0 Å². The average Bonchev–Trinajstić information content (AvgIpc) is 2.38. The fourth-order valence-corrected chi connectivity index (χ4v) is 2.35. The van der Waals surface area contributed by atoms with Crippen LogP contribution in [0.5, 0.6) is 0 Å². The largest absolute Gasteiger partial charge is 0.349 e. The number of benzene rings is 1. The molecule has 0 spiro atoms. The minimum absolute atomic E-state index is 0.0627. The molecule has 0 aliphatic heterocycles. The second kappa shape index (κ2) is 6.37. The van der Waals surface area contributed by atoms with Crippen molar-refractivity contribution in [3.05, 3.63) is 29.8 Å². The van der Waals surface area contributed by atoms with E-state index in [4.69, 9.17) is 0 Å². The van der Waals surface area contributed by atoms with E-state index in [-0.39, 0.29) is 16.8 Å². The Morgan fingerprint density at radius 3 is 2.00 bits per heavy atom. The third-order valence-electron chi connectivity index (χ3n) is 3.25. The predicted molar refractivity (Wildman–Crippen MR) is 79.1 cm³/mol. The number of carbonyl (C=O) groups excluding carboxylic acids is 1. The van der Waals surface area contributed by atoms with Gasteiger partial charge in [-0.05, 0) is 37.1 Å². The summed E-state index contributed by atoms with van der Waals surface area (Å²) < 4.78 is 25.0. The number of hydrogen-bond acceptors (Lipinski definition) is 3. The quantitative estimate of drug-likeness (QED) is 0.900. The van der Waals surface area contributed by atoms with Crippen molar-refractivity contribution in [1.29, 1.82) is 0 Å². The lowest BCUT2D eigenvalue weighted by atomic mass is 10.1. The molecule has 0 unspecified atom stereocenters. The molecule has 1 atom stereocenters. The lowest BCUT2D eigenvalue weighted by molar-refractivity contribution is 0.0930. The van der Waals surface area contributed by atoms with Gasteiger partial charge in [0.1, 0.15) is 0 Å². The van der Waals surface area contributed by atoms with Gasteiger partial charge < -0.3 is 5.32 Å². The van der Waals surface area contributed by atoms with Crippen LogP contribution in [0.3, 0.4) is 0 Å². The standard InChI is InChI=1S/C14H22N2O3S/c1-10(2)11(3)15-14(17)12-6-8-13(9-7-12)20(18,19)16(4)5/h6-11H,1-5H3,(H,15,17)/t11-/m0/s1. The molecule has 5 nitrogen and oxygen atoms in total. The Labute approximate surface area is 121 Å². The molecule has 20 heavy (non-hydrogen) atoms. The maximum absolute atomic E-state index is 12.0. The molecule has 0 heterocycles. The van der Waals surface area contributed by atoms with Gasteiger partial charge in [-0.25, -0.2) is 12.7 Å².